The first-order valence-corrected chi connectivity index (χ1v) is 5.00. The number of nitrogens with one attached hydrogen (secondary N) is 1. The molecule has 1 saturated heterocycles. The molecule has 0 radical (unpaired) electrons. The Hall–Kier alpha value is -1.36. The molecule has 1 fully saturated rings. The van der Waals surface area contributed by atoms with Crippen LogP contribution in [0.4, 0.5) is 0 Å². The number of hydrogen-bond acceptors (Lipinski definition) is 3. The predicted octanol–water partition coefficient (Wildman–Crippen LogP) is -0.937. The van der Waals surface area contributed by atoms with Gasteiger partial charge in [-0.2, -0.15) is 0 Å². The van der Waals surface area contributed by atoms with Gasteiger partial charge in [0.15, 0.2) is 0 Å². The van der Waals surface area contributed by atoms with Crippen molar-refractivity contribution in [3.63, 3.8) is 0 Å². The molecule has 1 aliphatic heterocycles. The van der Waals surface area contributed by atoms with Crippen LogP contribution >= 0.6 is 0 Å². The van der Waals surface area contributed by atoms with Gasteiger partial charge in [-0.1, -0.05) is 6.58 Å². The molecule has 0 aliphatic carbocycles. The van der Waals surface area contributed by atoms with Crippen molar-refractivity contribution < 1.29 is 9.59 Å². The van der Waals surface area contributed by atoms with Gasteiger partial charge in [-0.25, -0.2) is 0 Å². The van der Waals surface area contributed by atoms with Crippen molar-refractivity contribution in [2.24, 2.45) is 0 Å². The summed E-state index contributed by atoms with van der Waals surface area (Å²) in [6, 6.07) is 0. The van der Waals surface area contributed by atoms with Crippen molar-refractivity contribution >= 4 is 11.8 Å². The average molecular weight is 211 g/mol. The first-order valence-electron chi connectivity index (χ1n) is 5.00. The maximum Gasteiger partial charge on any atom is 0.245 e. The number of piperazine rings is 1. The minimum absolute atomic E-state index is 0.0546. The monoisotopic (exact) mass is 211 g/mol. The fourth-order valence-corrected chi connectivity index (χ4v) is 1.44. The summed E-state index contributed by atoms with van der Waals surface area (Å²) in [5, 5.41) is 2.76. The molecule has 0 saturated carbocycles. The number of nitrogens with zero attached hydrogens (tertiary/aromatic N) is 2. The molecule has 0 spiro atoms. The lowest BCUT2D eigenvalue weighted by molar-refractivity contribution is -0.125. The molecule has 0 aromatic heterocycles. The molecule has 0 unspecified atom stereocenters. The zero-order chi connectivity index (χ0) is 11.3. The minimum atomic E-state index is -0.0866. The van der Waals surface area contributed by atoms with Crippen molar-refractivity contribution in [3.05, 3.63) is 12.7 Å². The lowest BCUT2D eigenvalue weighted by Gasteiger charge is -2.28. The SMILES string of the molecule is C=CC(=O)N(C)CCN1CCNC(=O)C1. The van der Waals surface area contributed by atoms with E-state index in [9.17, 15) is 9.59 Å². The minimum Gasteiger partial charge on any atom is -0.354 e. The molecule has 0 aromatic rings. The van der Waals surface area contributed by atoms with E-state index in [1.165, 1.54) is 6.08 Å². The third-order valence-electron chi connectivity index (χ3n) is 2.42. The normalized spacial score (nSPS) is 17.0. The maximum absolute atomic E-state index is 11.2. The third kappa shape index (κ3) is 3.71. The molecule has 1 rings (SSSR count). The van der Waals surface area contributed by atoms with Gasteiger partial charge in [0.1, 0.15) is 0 Å². The van der Waals surface area contributed by atoms with Crippen LogP contribution in [0.5, 0.6) is 0 Å². The molecule has 0 bridgehead atoms. The second-order valence-electron chi connectivity index (χ2n) is 3.59. The van der Waals surface area contributed by atoms with E-state index in [0.717, 1.165) is 13.1 Å². The number of hydrogen-bond donors (Lipinski definition) is 1. The van der Waals surface area contributed by atoms with Crippen LogP contribution in [0.2, 0.25) is 0 Å². The molecule has 5 heteroatoms. The average Bonchev–Trinajstić information content (AvgIpc) is 2.25. The van der Waals surface area contributed by atoms with Crippen LogP contribution < -0.4 is 5.32 Å². The Balaban J connectivity index is 2.27. The lowest BCUT2D eigenvalue weighted by Crippen LogP contribution is -2.49. The van der Waals surface area contributed by atoms with Crippen LogP contribution in [-0.4, -0.2) is 61.4 Å². The van der Waals surface area contributed by atoms with E-state index in [4.69, 9.17) is 0 Å². The number of amides is 2. The summed E-state index contributed by atoms with van der Waals surface area (Å²) in [5.74, 6) is -0.0320. The molecular formula is C10H17N3O2. The quantitative estimate of drug-likeness (QED) is 0.611. The van der Waals surface area contributed by atoms with Crippen LogP contribution in [-0.2, 0) is 9.59 Å². The van der Waals surface area contributed by atoms with Gasteiger partial charge >= 0.3 is 0 Å². The smallest absolute Gasteiger partial charge is 0.245 e. The Morgan fingerprint density at radius 2 is 2.47 bits per heavy atom. The fraction of sp³-hybridized carbons (Fsp3) is 0.600. The second-order valence-corrected chi connectivity index (χ2v) is 3.59. The molecule has 1 heterocycles. The predicted molar refractivity (Wildman–Crippen MR) is 57.3 cm³/mol. The molecule has 15 heavy (non-hydrogen) atoms. The maximum atomic E-state index is 11.2. The summed E-state index contributed by atoms with van der Waals surface area (Å²) in [5.41, 5.74) is 0. The molecule has 2 amide bonds. The van der Waals surface area contributed by atoms with Crippen molar-refractivity contribution in [1.29, 1.82) is 0 Å². The second kappa shape index (κ2) is 5.50. The Bertz CT molecular complexity index is 265. The Labute approximate surface area is 89.7 Å². The van der Waals surface area contributed by atoms with Crippen molar-refractivity contribution in [2.45, 2.75) is 0 Å². The van der Waals surface area contributed by atoms with Crippen molar-refractivity contribution in [3.8, 4) is 0 Å². The van der Waals surface area contributed by atoms with Gasteiger partial charge in [0.05, 0.1) is 6.54 Å². The van der Waals surface area contributed by atoms with Gasteiger partial charge in [-0.05, 0) is 6.08 Å². The van der Waals surface area contributed by atoms with E-state index in [1.54, 1.807) is 11.9 Å². The van der Waals surface area contributed by atoms with E-state index < -0.39 is 0 Å². The van der Waals surface area contributed by atoms with Crippen LogP contribution in [0, 0.1) is 0 Å². The fourth-order valence-electron chi connectivity index (χ4n) is 1.44. The summed E-state index contributed by atoms with van der Waals surface area (Å²) >= 11 is 0. The highest BCUT2D eigenvalue weighted by molar-refractivity contribution is 5.86. The number of rotatable bonds is 4. The van der Waals surface area contributed by atoms with Gasteiger partial charge in [0.25, 0.3) is 0 Å². The van der Waals surface area contributed by atoms with E-state index in [-0.39, 0.29) is 11.8 Å². The van der Waals surface area contributed by atoms with Gasteiger partial charge in [-0.15, -0.1) is 0 Å². The Morgan fingerprint density at radius 1 is 1.73 bits per heavy atom. The molecule has 0 atom stereocenters. The third-order valence-corrected chi connectivity index (χ3v) is 2.42. The highest BCUT2D eigenvalue weighted by Gasteiger charge is 2.16. The summed E-state index contributed by atoms with van der Waals surface area (Å²) in [4.78, 5) is 25.8. The van der Waals surface area contributed by atoms with Crippen LogP contribution in [0.25, 0.3) is 0 Å². The Kier molecular flexibility index (Phi) is 4.30. The molecule has 1 N–H and O–H groups in total. The van der Waals surface area contributed by atoms with Crippen molar-refractivity contribution in [1.82, 2.24) is 15.1 Å². The zero-order valence-corrected chi connectivity index (χ0v) is 9.03. The zero-order valence-electron chi connectivity index (χ0n) is 9.03. The lowest BCUT2D eigenvalue weighted by atomic mass is 10.3. The standard InChI is InChI=1S/C10H17N3O2/c1-3-10(15)12(2)6-7-13-5-4-11-9(14)8-13/h3H,1,4-8H2,2H3,(H,11,14). The van der Waals surface area contributed by atoms with E-state index in [1.807, 2.05) is 4.90 Å². The highest BCUT2D eigenvalue weighted by atomic mass is 16.2. The molecule has 1 aliphatic rings. The van der Waals surface area contributed by atoms with Gasteiger partial charge in [0.2, 0.25) is 11.8 Å². The molecule has 0 aromatic carbocycles. The highest BCUT2D eigenvalue weighted by Crippen LogP contribution is 1.94. The summed E-state index contributed by atoms with van der Waals surface area (Å²) in [7, 11) is 1.73. The van der Waals surface area contributed by atoms with Gasteiger partial charge < -0.3 is 10.2 Å². The number of likely N-dealkylation sites (N-methyl/N-ethyl adjacent to an activating group) is 1. The molecule has 84 valence electrons. The molecular weight excluding hydrogens is 194 g/mol. The van der Waals surface area contributed by atoms with Crippen LogP contribution in [0.3, 0.4) is 0 Å². The van der Waals surface area contributed by atoms with Gasteiger partial charge in [-0.3, -0.25) is 14.5 Å². The van der Waals surface area contributed by atoms with E-state index in [0.29, 0.717) is 19.6 Å². The first kappa shape index (κ1) is 11.7. The van der Waals surface area contributed by atoms with Crippen molar-refractivity contribution in [2.75, 3.05) is 39.8 Å². The van der Waals surface area contributed by atoms with Crippen LogP contribution in [0.1, 0.15) is 0 Å². The summed E-state index contributed by atoms with van der Waals surface area (Å²) in [6.45, 7) is 6.74. The van der Waals surface area contributed by atoms with E-state index >= 15 is 0 Å². The van der Waals surface area contributed by atoms with Gasteiger partial charge in [0, 0.05) is 33.2 Å². The number of carbonyl (C=O) groups excluding carboxylic acids is 2. The Morgan fingerprint density at radius 3 is 3.07 bits per heavy atom. The van der Waals surface area contributed by atoms with E-state index in [2.05, 4.69) is 11.9 Å². The summed E-state index contributed by atoms with van der Waals surface area (Å²) < 4.78 is 0. The molecule has 5 nitrogen and oxygen atoms in total. The van der Waals surface area contributed by atoms with Crippen LogP contribution in [0.15, 0.2) is 12.7 Å². The largest absolute Gasteiger partial charge is 0.354 e. The topological polar surface area (TPSA) is 52.7 Å². The number of carbonyl (C=O) groups is 2. The first-order chi connectivity index (χ1) is 7.13. The summed E-state index contributed by atoms with van der Waals surface area (Å²) in [6.07, 6.45) is 1.29.